The lowest BCUT2D eigenvalue weighted by molar-refractivity contribution is -0.0328. The summed E-state index contributed by atoms with van der Waals surface area (Å²) in [5.74, 6) is 0. The van der Waals surface area contributed by atoms with Crippen molar-refractivity contribution in [2.45, 2.75) is 0 Å². The Balaban J connectivity index is -0.0000000533. The van der Waals surface area contributed by atoms with Gasteiger partial charge >= 0.3 is 0 Å². The summed E-state index contributed by atoms with van der Waals surface area (Å²) in [7, 11) is 0. The summed E-state index contributed by atoms with van der Waals surface area (Å²) in [6.07, 6.45) is 0. The second-order valence-electron chi connectivity index (χ2n) is 2.13. The van der Waals surface area contributed by atoms with Crippen LogP contribution in [-0.4, -0.2) is 46.9 Å². The van der Waals surface area contributed by atoms with E-state index in [1.54, 1.807) is 0 Å². The highest BCUT2D eigenvalue weighted by Crippen LogP contribution is 2.11. The van der Waals surface area contributed by atoms with Gasteiger partial charge in [-0.05, 0) is 0 Å². The van der Waals surface area contributed by atoms with Crippen molar-refractivity contribution in [2.24, 2.45) is 5.41 Å². The quantitative estimate of drug-likeness (QED) is 0.486. The van der Waals surface area contributed by atoms with Crippen molar-refractivity contribution in [3.05, 3.63) is 0 Å². The van der Waals surface area contributed by atoms with Gasteiger partial charge in [-0.2, -0.15) is 0 Å². The molecule has 4 N–H and O–H groups in total. The van der Waals surface area contributed by atoms with E-state index in [2.05, 4.69) is 0 Å². The zero-order valence-electron chi connectivity index (χ0n) is 6.75. The molecule has 0 aromatic carbocycles. The fourth-order valence-electron chi connectivity index (χ4n) is 0.300. The fraction of sp³-hybridized carbons (Fsp3) is 1.00. The standard InChI is InChI=1S/C5H12O4.4BrH/c6-1-5(2-7,3-8)4-9;;;;/h6-9H,1-4H2;4*1H. The molecule has 0 unspecified atom stereocenters. The summed E-state index contributed by atoms with van der Waals surface area (Å²) in [4.78, 5) is 0. The van der Waals surface area contributed by atoms with Crippen molar-refractivity contribution >= 4 is 67.9 Å². The molecule has 0 aromatic heterocycles. The molecule has 13 heavy (non-hydrogen) atoms. The molecule has 0 amide bonds. The summed E-state index contributed by atoms with van der Waals surface area (Å²) in [6, 6.07) is 0. The summed E-state index contributed by atoms with van der Waals surface area (Å²) in [5, 5.41) is 34.0. The van der Waals surface area contributed by atoms with E-state index in [9.17, 15) is 0 Å². The first-order valence-corrected chi connectivity index (χ1v) is 2.68. The maximum atomic E-state index is 8.50. The Morgan fingerprint density at radius 3 is 0.692 bits per heavy atom. The van der Waals surface area contributed by atoms with Crippen LogP contribution >= 0.6 is 67.9 Å². The van der Waals surface area contributed by atoms with Gasteiger partial charge in [-0.3, -0.25) is 0 Å². The molecule has 0 aliphatic rings. The Morgan fingerprint density at radius 1 is 0.538 bits per heavy atom. The SMILES string of the molecule is Br.Br.Br.Br.OCC(CO)(CO)CO. The van der Waals surface area contributed by atoms with E-state index in [0.29, 0.717) is 0 Å². The molecule has 0 atom stereocenters. The van der Waals surface area contributed by atoms with Crippen LogP contribution in [-0.2, 0) is 0 Å². The van der Waals surface area contributed by atoms with Crippen LogP contribution in [0, 0.1) is 5.41 Å². The molecular weight excluding hydrogens is 444 g/mol. The van der Waals surface area contributed by atoms with E-state index in [-0.39, 0.29) is 67.9 Å². The summed E-state index contributed by atoms with van der Waals surface area (Å²) in [6.45, 7) is -1.62. The van der Waals surface area contributed by atoms with Gasteiger partial charge in [-0.15, -0.1) is 67.9 Å². The van der Waals surface area contributed by atoms with Crippen molar-refractivity contribution in [1.29, 1.82) is 0 Å². The lowest BCUT2D eigenvalue weighted by Gasteiger charge is -2.23. The van der Waals surface area contributed by atoms with Crippen molar-refractivity contribution in [1.82, 2.24) is 0 Å². The second-order valence-corrected chi connectivity index (χ2v) is 2.13. The van der Waals surface area contributed by atoms with E-state index in [1.165, 1.54) is 0 Å². The molecule has 0 heterocycles. The fourth-order valence-corrected chi connectivity index (χ4v) is 0.300. The normalized spacial score (nSPS) is 8.31. The van der Waals surface area contributed by atoms with Crippen molar-refractivity contribution in [2.75, 3.05) is 26.4 Å². The molecule has 0 radical (unpaired) electrons. The molecule has 8 heteroatoms. The Morgan fingerprint density at radius 2 is 0.692 bits per heavy atom. The number of hydrogen-bond donors (Lipinski definition) is 4. The van der Waals surface area contributed by atoms with Gasteiger partial charge in [-0.25, -0.2) is 0 Å². The molecule has 0 aliphatic carbocycles. The third-order valence-electron chi connectivity index (χ3n) is 1.34. The minimum atomic E-state index is -1.11. The van der Waals surface area contributed by atoms with Gasteiger partial charge in [0.2, 0.25) is 0 Å². The highest BCUT2D eigenvalue weighted by Gasteiger charge is 2.26. The smallest absolute Gasteiger partial charge is 0.0627 e. The van der Waals surface area contributed by atoms with E-state index in [4.69, 9.17) is 20.4 Å². The highest BCUT2D eigenvalue weighted by atomic mass is 79.9. The minimum absolute atomic E-state index is 0. The average Bonchev–Trinajstić information content (AvgIpc) is 1.95. The van der Waals surface area contributed by atoms with E-state index in [0.717, 1.165) is 0 Å². The molecule has 0 fully saturated rings. The van der Waals surface area contributed by atoms with Crippen LogP contribution < -0.4 is 0 Å². The molecular formula is C5H16Br4O4. The molecule has 0 spiro atoms. The zero-order valence-corrected chi connectivity index (χ0v) is 13.6. The van der Waals surface area contributed by atoms with E-state index in [1.807, 2.05) is 0 Å². The number of rotatable bonds is 4. The summed E-state index contributed by atoms with van der Waals surface area (Å²) in [5.41, 5.74) is -1.11. The topological polar surface area (TPSA) is 80.9 Å². The Bertz CT molecular complexity index is 63.4. The number of aliphatic hydroxyl groups is 4. The Labute approximate surface area is 119 Å². The molecule has 4 nitrogen and oxygen atoms in total. The predicted octanol–water partition coefficient (Wildman–Crippen LogP) is 0.254. The first-order chi connectivity index (χ1) is 4.24. The summed E-state index contributed by atoms with van der Waals surface area (Å²) >= 11 is 0. The maximum absolute atomic E-state index is 8.50. The van der Waals surface area contributed by atoms with Gasteiger partial charge in [0.15, 0.2) is 0 Å². The predicted molar refractivity (Wildman–Crippen MR) is 72.1 cm³/mol. The minimum Gasteiger partial charge on any atom is -0.396 e. The third kappa shape index (κ3) is 10.1. The van der Waals surface area contributed by atoms with Crippen LogP contribution in [0.1, 0.15) is 0 Å². The van der Waals surface area contributed by atoms with Gasteiger partial charge < -0.3 is 20.4 Å². The monoisotopic (exact) mass is 456 g/mol. The maximum Gasteiger partial charge on any atom is 0.0627 e. The lowest BCUT2D eigenvalue weighted by atomic mass is 9.93. The van der Waals surface area contributed by atoms with Gasteiger partial charge in [0.25, 0.3) is 0 Å². The van der Waals surface area contributed by atoms with Crippen molar-refractivity contribution in [3.63, 3.8) is 0 Å². The Kier molecular flexibility index (Phi) is 36.6. The highest BCUT2D eigenvalue weighted by molar-refractivity contribution is 8.93. The van der Waals surface area contributed by atoms with Crippen LogP contribution in [0.2, 0.25) is 0 Å². The zero-order chi connectivity index (χ0) is 7.33. The van der Waals surface area contributed by atoms with Crippen molar-refractivity contribution in [3.8, 4) is 0 Å². The van der Waals surface area contributed by atoms with Crippen LogP contribution in [0.25, 0.3) is 0 Å². The number of aliphatic hydroxyl groups excluding tert-OH is 4. The van der Waals surface area contributed by atoms with Crippen molar-refractivity contribution < 1.29 is 20.4 Å². The van der Waals surface area contributed by atoms with Crippen LogP contribution in [0.3, 0.4) is 0 Å². The second kappa shape index (κ2) is 16.2. The van der Waals surface area contributed by atoms with E-state index < -0.39 is 31.8 Å². The molecule has 0 aromatic rings. The van der Waals surface area contributed by atoms with Crippen LogP contribution in [0.4, 0.5) is 0 Å². The van der Waals surface area contributed by atoms with Gasteiger partial charge in [0, 0.05) is 0 Å². The largest absolute Gasteiger partial charge is 0.396 e. The van der Waals surface area contributed by atoms with Crippen LogP contribution in [0.5, 0.6) is 0 Å². The van der Waals surface area contributed by atoms with E-state index >= 15 is 0 Å². The first kappa shape index (κ1) is 29.3. The molecule has 88 valence electrons. The van der Waals surface area contributed by atoms with Gasteiger partial charge in [-0.1, -0.05) is 0 Å². The number of halogens is 4. The lowest BCUT2D eigenvalue weighted by Crippen LogP contribution is -2.37. The number of hydrogen-bond acceptors (Lipinski definition) is 4. The van der Waals surface area contributed by atoms with Crippen LogP contribution in [0.15, 0.2) is 0 Å². The van der Waals surface area contributed by atoms with Gasteiger partial charge in [0.05, 0.1) is 31.8 Å². The first-order valence-electron chi connectivity index (χ1n) is 2.68. The average molecular weight is 460 g/mol. The molecule has 0 aliphatic heterocycles. The van der Waals surface area contributed by atoms with Gasteiger partial charge in [0.1, 0.15) is 0 Å². The molecule has 0 saturated carbocycles. The molecule has 0 saturated heterocycles. The Hall–Kier alpha value is 1.76. The third-order valence-corrected chi connectivity index (χ3v) is 1.34. The molecule has 0 bridgehead atoms. The molecule has 0 rings (SSSR count). The summed E-state index contributed by atoms with van der Waals surface area (Å²) < 4.78 is 0.